The summed E-state index contributed by atoms with van der Waals surface area (Å²) in [5, 5.41) is 0. The van der Waals surface area contributed by atoms with Gasteiger partial charge in [0, 0.05) is 12.0 Å². The number of hydrogen-bond acceptors (Lipinski definition) is 2. The molecule has 17 heavy (non-hydrogen) atoms. The van der Waals surface area contributed by atoms with Gasteiger partial charge in [-0.2, -0.15) is 0 Å². The van der Waals surface area contributed by atoms with Crippen LogP contribution in [0.1, 0.15) is 54.4 Å². The van der Waals surface area contributed by atoms with Gasteiger partial charge in [-0.05, 0) is 55.2 Å². The molecule has 0 bridgehead atoms. The highest BCUT2D eigenvalue weighted by molar-refractivity contribution is 5.99. The molecule has 2 fully saturated rings. The van der Waals surface area contributed by atoms with Gasteiger partial charge in [-0.25, -0.2) is 0 Å². The smallest absolute Gasteiger partial charge is 0.163 e. The summed E-state index contributed by atoms with van der Waals surface area (Å²) in [5.74, 6) is 1.19. The van der Waals surface area contributed by atoms with Crippen molar-refractivity contribution in [2.45, 2.75) is 50.0 Å². The first kappa shape index (κ1) is 9.69. The molecule has 2 nitrogen and oxygen atoms in total. The molecule has 0 radical (unpaired) electrons. The second-order valence-electron chi connectivity index (χ2n) is 5.73. The molecule has 0 unspecified atom stereocenters. The summed E-state index contributed by atoms with van der Waals surface area (Å²) >= 11 is 0. The fourth-order valence-electron chi connectivity index (χ4n) is 2.96. The number of benzene rings is 1. The van der Waals surface area contributed by atoms with Crippen LogP contribution in [0.15, 0.2) is 18.2 Å². The first-order valence-electron chi connectivity index (χ1n) is 6.61. The minimum Gasteiger partial charge on any atom is -0.490 e. The number of ether oxygens (including phenoxy) is 1. The van der Waals surface area contributed by atoms with Gasteiger partial charge in [-0.15, -0.1) is 0 Å². The summed E-state index contributed by atoms with van der Waals surface area (Å²) in [6.07, 6.45) is 7.03. The first-order chi connectivity index (χ1) is 8.27. The molecule has 0 aliphatic heterocycles. The van der Waals surface area contributed by atoms with E-state index in [2.05, 4.69) is 12.1 Å². The van der Waals surface area contributed by atoms with Crippen molar-refractivity contribution in [1.82, 2.24) is 0 Å². The Balaban J connectivity index is 1.75. The SMILES string of the molecule is O=C1CCC2(CC2)c2ccc(OC3CC3)cc21. The second kappa shape index (κ2) is 3.12. The molecule has 0 amide bonds. The molecule has 1 aromatic rings. The number of Topliss-reactive ketones (excluding diaryl/α,β-unsaturated/α-hetero) is 1. The van der Waals surface area contributed by atoms with Crippen LogP contribution >= 0.6 is 0 Å². The first-order valence-corrected chi connectivity index (χ1v) is 6.61. The monoisotopic (exact) mass is 228 g/mol. The molecular weight excluding hydrogens is 212 g/mol. The van der Waals surface area contributed by atoms with Gasteiger partial charge in [0.15, 0.2) is 5.78 Å². The number of fused-ring (bicyclic) bond motifs is 2. The number of carbonyl (C=O) groups is 1. The van der Waals surface area contributed by atoms with Crippen molar-refractivity contribution in [3.05, 3.63) is 29.3 Å². The van der Waals surface area contributed by atoms with E-state index in [1.807, 2.05) is 6.07 Å². The van der Waals surface area contributed by atoms with Crippen molar-refractivity contribution in [3.8, 4) is 5.75 Å². The molecule has 88 valence electrons. The molecular formula is C15H16O2. The van der Waals surface area contributed by atoms with E-state index in [-0.39, 0.29) is 0 Å². The zero-order valence-corrected chi connectivity index (χ0v) is 9.87. The lowest BCUT2D eigenvalue weighted by atomic mass is 9.79. The fraction of sp³-hybridized carbons (Fsp3) is 0.533. The maximum Gasteiger partial charge on any atom is 0.163 e. The molecule has 1 aromatic carbocycles. The Bertz CT molecular complexity index is 496. The molecule has 4 rings (SSSR count). The summed E-state index contributed by atoms with van der Waals surface area (Å²) in [7, 11) is 0. The second-order valence-corrected chi connectivity index (χ2v) is 5.73. The third-order valence-electron chi connectivity index (χ3n) is 4.37. The molecule has 3 aliphatic carbocycles. The summed E-state index contributed by atoms with van der Waals surface area (Å²) in [6.45, 7) is 0. The maximum atomic E-state index is 12.0. The average molecular weight is 228 g/mol. The Morgan fingerprint density at radius 1 is 1.18 bits per heavy atom. The van der Waals surface area contributed by atoms with Crippen molar-refractivity contribution in [2.24, 2.45) is 0 Å². The van der Waals surface area contributed by atoms with Crippen LogP contribution in [-0.4, -0.2) is 11.9 Å². The summed E-state index contributed by atoms with van der Waals surface area (Å²) in [4.78, 5) is 12.0. The minimum absolute atomic E-state index is 0.304. The van der Waals surface area contributed by atoms with Gasteiger partial charge in [-0.1, -0.05) is 6.07 Å². The quantitative estimate of drug-likeness (QED) is 0.776. The van der Waals surface area contributed by atoms with E-state index >= 15 is 0 Å². The lowest BCUT2D eigenvalue weighted by Crippen LogP contribution is -2.20. The number of rotatable bonds is 2. The summed E-state index contributed by atoms with van der Waals surface area (Å²) in [5.41, 5.74) is 2.59. The number of ketones is 1. The van der Waals surface area contributed by atoms with E-state index in [4.69, 9.17) is 4.74 Å². The topological polar surface area (TPSA) is 26.3 Å². The van der Waals surface area contributed by atoms with E-state index in [0.29, 0.717) is 17.3 Å². The van der Waals surface area contributed by atoms with E-state index in [9.17, 15) is 4.79 Å². The molecule has 2 saturated carbocycles. The van der Waals surface area contributed by atoms with Crippen LogP contribution in [0.2, 0.25) is 0 Å². The van der Waals surface area contributed by atoms with E-state index < -0.39 is 0 Å². The third kappa shape index (κ3) is 1.50. The zero-order valence-electron chi connectivity index (χ0n) is 9.87. The van der Waals surface area contributed by atoms with Crippen LogP contribution in [0.4, 0.5) is 0 Å². The summed E-state index contributed by atoms with van der Waals surface area (Å²) < 4.78 is 5.78. The van der Waals surface area contributed by atoms with Gasteiger partial charge < -0.3 is 4.74 Å². The molecule has 0 atom stereocenters. The Labute approximate surface area is 101 Å². The predicted octanol–water partition coefficient (Wildman–Crippen LogP) is 3.24. The normalized spacial score (nSPS) is 24.6. The Hall–Kier alpha value is -1.31. The minimum atomic E-state index is 0.304. The van der Waals surface area contributed by atoms with Crippen LogP contribution in [0, 0.1) is 0 Å². The Morgan fingerprint density at radius 2 is 2.00 bits per heavy atom. The molecule has 0 N–H and O–H groups in total. The standard InChI is InChI=1S/C15H16O2/c16-14-5-6-15(7-8-15)13-4-3-11(9-12(13)14)17-10-1-2-10/h3-4,9-10H,1-2,5-8H2. The highest BCUT2D eigenvalue weighted by Gasteiger charge is 2.48. The van der Waals surface area contributed by atoms with Crippen LogP contribution in [0.3, 0.4) is 0 Å². The Kier molecular flexibility index (Phi) is 1.78. The number of hydrogen-bond donors (Lipinski definition) is 0. The van der Waals surface area contributed by atoms with E-state index in [0.717, 1.165) is 37.0 Å². The molecule has 0 heterocycles. The summed E-state index contributed by atoms with van der Waals surface area (Å²) in [6, 6.07) is 6.17. The van der Waals surface area contributed by atoms with E-state index in [1.54, 1.807) is 0 Å². The largest absolute Gasteiger partial charge is 0.490 e. The third-order valence-corrected chi connectivity index (χ3v) is 4.37. The lowest BCUT2D eigenvalue weighted by molar-refractivity contribution is 0.0963. The zero-order chi connectivity index (χ0) is 11.5. The van der Waals surface area contributed by atoms with Crippen molar-refractivity contribution in [2.75, 3.05) is 0 Å². The molecule has 2 heteroatoms. The van der Waals surface area contributed by atoms with Gasteiger partial charge in [0.2, 0.25) is 0 Å². The highest BCUT2D eigenvalue weighted by Crippen LogP contribution is 2.55. The van der Waals surface area contributed by atoms with Gasteiger partial charge in [0.1, 0.15) is 5.75 Å². The van der Waals surface area contributed by atoms with Crippen LogP contribution in [0.5, 0.6) is 5.75 Å². The molecule has 0 saturated heterocycles. The van der Waals surface area contributed by atoms with Crippen molar-refractivity contribution in [3.63, 3.8) is 0 Å². The lowest BCUT2D eigenvalue weighted by Gasteiger charge is -2.24. The van der Waals surface area contributed by atoms with Crippen LogP contribution in [-0.2, 0) is 5.41 Å². The van der Waals surface area contributed by atoms with Crippen molar-refractivity contribution < 1.29 is 9.53 Å². The van der Waals surface area contributed by atoms with Crippen molar-refractivity contribution in [1.29, 1.82) is 0 Å². The van der Waals surface area contributed by atoms with Gasteiger partial charge >= 0.3 is 0 Å². The maximum absolute atomic E-state index is 12.0. The van der Waals surface area contributed by atoms with Crippen LogP contribution in [0.25, 0.3) is 0 Å². The highest BCUT2D eigenvalue weighted by atomic mass is 16.5. The average Bonchev–Trinajstić information content (AvgIpc) is 3.21. The number of carbonyl (C=O) groups excluding carboxylic acids is 1. The van der Waals surface area contributed by atoms with Crippen LogP contribution < -0.4 is 4.74 Å². The van der Waals surface area contributed by atoms with Gasteiger partial charge in [-0.3, -0.25) is 4.79 Å². The fourth-order valence-corrected chi connectivity index (χ4v) is 2.96. The molecule has 0 aromatic heterocycles. The van der Waals surface area contributed by atoms with Crippen molar-refractivity contribution >= 4 is 5.78 Å². The van der Waals surface area contributed by atoms with Gasteiger partial charge in [0.25, 0.3) is 0 Å². The Morgan fingerprint density at radius 3 is 2.71 bits per heavy atom. The molecule has 1 spiro atoms. The van der Waals surface area contributed by atoms with Gasteiger partial charge in [0.05, 0.1) is 6.10 Å². The predicted molar refractivity (Wildman–Crippen MR) is 64.6 cm³/mol. The van der Waals surface area contributed by atoms with E-state index in [1.165, 1.54) is 18.4 Å². The molecule has 3 aliphatic rings.